The molecule has 1 aromatic heterocycles. The lowest BCUT2D eigenvalue weighted by Crippen LogP contribution is -2.26. The average Bonchev–Trinajstić information content (AvgIpc) is 3.11. The Bertz CT molecular complexity index is 995. The minimum absolute atomic E-state index is 0.0254. The molecule has 2 aromatic carbocycles. The molecule has 3 rings (SSSR count). The monoisotopic (exact) mass is 391 g/mol. The van der Waals surface area contributed by atoms with E-state index in [1.807, 2.05) is 24.3 Å². The third-order valence-corrected chi connectivity index (χ3v) is 5.63. The second-order valence-corrected chi connectivity index (χ2v) is 7.64. The molecule has 0 aliphatic heterocycles. The highest BCUT2D eigenvalue weighted by Gasteiger charge is 2.21. The van der Waals surface area contributed by atoms with Gasteiger partial charge in [0.05, 0.1) is 14.2 Å². The lowest BCUT2D eigenvalue weighted by atomic mass is 10.2. The van der Waals surface area contributed by atoms with Gasteiger partial charge in [-0.3, -0.25) is 0 Å². The first kappa shape index (κ1) is 19.2. The SMILES string of the molecule is COc1ccc(OC)c(S(=O)(=O)NCCC(O)c2cc3ccccc3o2)c1. The first-order valence-corrected chi connectivity index (χ1v) is 9.81. The number of sulfonamides is 1. The zero-order chi connectivity index (χ0) is 19.4. The van der Waals surface area contributed by atoms with Gasteiger partial charge in [-0.15, -0.1) is 0 Å². The first-order chi connectivity index (χ1) is 12.9. The largest absolute Gasteiger partial charge is 0.497 e. The average molecular weight is 391 g/mol. The molecule has 0 aliphatic carbocycles. The molecule has 0 aliphatic rings. The van der Waals surface area contributed by atoms with Gasteiger partial charge in [0, 0.05) is 18.0 Å². The number of para-hydroxylation sites is 1. The zero-order valence-electron chi connectivity index (χ0n) is 15.0. The number of methoxy groups -OCH3 is 2. The van der Waals surface area contributed by atoms with Gasteiger partial charge in [-0.25, -0.2) is 13.1 Å². The normalized spacial score (nSPS) is 12.9. The summed E-state index contributed by atoms with van der Waals surface area (Å²) in [6.07, 6.45) is -0.766. The predicted octanol–water partition coefficient (Wildman–Crippen LogP) is 2.85. The van der Waals surface area contributed by atoms with Gasteiger partial charge in [-0.05, 0) is 30.7 Å². The molecule has 0 radical (unpaired) electrons. The summed E-state index contributed by atoms with van der Waals surface area (Å²) in [7, 11) is -0.986. The van der Waals surface area contributed by atoms with Crippen LogP contribution in [0, 0.1) is 0 Å². The van der Waals surface area contributed by atoms with Crippen LogP contribution in [0.1, 0.15) is 18.3 Å². The summed E-state index contributed by atoms with van der Waals surface area (Å²) in [4.78, 5) is -0.0254. The van der Waals surface area contributed by atoms with Gasteiger partial charge in [-0.2, -0.15) is 0 Å². The molecule has 144 valence electrons. The summed E-state index contributed by atoms with van der Waals surface area (Å²) in [5.74, 6) is 1.01. The Hall–Kier alpha value is -2.55. The third kappa shape index (κ3) is 4.24. The highest BCUT2D eigenvalue weighted by Crippen LogP contribution is 2.29. The van der Waals surface area contributed by atoms with E-state index in [0.717, 1.165) is 5.39 Å². The van der Waals surface area contributed by atoms with Crippen LogP contribution in [0.25, 0.3) is 11.0 Å². The predicted molar refractivity (Wildman–Crippen MR) is 101 cm³/mol. The molecule has 7 nitrogen and oxygen atoms in total. The van der Waals surface area contributed by atoms with E-state index in [-0.39, 0.29) is 23.6 Å². The van der Waals surface area contributed by atoms with Crippen molar-refractivity contribution in [2.75, 3.05) is 20.8 Å². The van der Waals surface area contributed by atoms with Crippen molar-refractivity contribution in [2.24, 2.45) is 0 Å². The molecule has 1 unspecified atom stereocenters. The van der Waals surface area contributed by atoms with Gasteiger partial charge in [0.2, 0.25) is 10.0 Å². The van der Waals surface area contributed by atoms with Crippen molar-refractivity contribution in [3.05, 3.63) is 54.3 Å². The number of benzene rings is 2. The van der Waals surface area contributed by atoms with E-state index in [1.54, 1.807) is 12.1 Å². The van der Waals surface area contributed by atoms with Crippen LogP contribution in [-0.4, -0.2) is 34.3 Å². The number of hydrogen-bond donors (Lipinski definition) is 2. The van der Waals surface area contributed by atoms with Crippen LogP contribution < -0.4 is 14.2 Å². The van der Waals surface area contributed by atoms with Crippen molar-refractivity contribution in [2.45, 2.75) is 17.4 Å². The van der Waals surface area contributed by atoms with Gasteiger partial charge >= 0.3 is 0 Å². The zero-order valence-corrected chi connectivity index (χ0v) is 15.8. The van der Waals surface area contributed by atoms with Gasteiger partial charge in [0.25, 0.3) is 0 Å². The van der Waals surface area contributed by atoms with Crippen molar-refractivity contribution < 1.29 is 27.4 Å². The highest BCUT2D eigenvalue weighted by atomic mass is 32.2. The van der Waals surface area contributed by atoms with E-state index in [1.165, 1.54) is 26.4 Å². The van der Waals surface area contributed by atoms with Crippen molar-refractivity contribution in [1.29, 1.82) is 0 Å². The number of ether oxygens (including phenoxy) is 2. The Morgan fingerprint density at radius 2 is 1.89 bits per heavy atom. The molecule has 0 saturated heterocycles. The molecule has 1 heterocycles. The fourth-order valence-electron chi connectivity index (χ4n) is 2.71. The highest BCUT2D eigenvalue weighted by molar-refractivity contribution is 7.89. The Kier molecular flexibility index (Phi) is 5.69. The standard InChI is InChI=1S/C19H21NO6S/c1-24-14-7-8-17(25-2)19(12-14)27(22,23)20-10-9-15(21)18-11-13-5-3-4-6-16(13)26-18/h3-8,11-12,15,20-21H,9-10H2,1-2H3. The molecule has 0 amide bonds. The molecular weight excluding hydrogens is 370 g/mol. The van der Waals surface area contributed by atoms with Crippen LogP contribution >= 0.6 is 0 Å². The molecule has 8 heteroatoms. The van der Waals surface area contributed by atoms with Crippen LogP contribution in [-0.2, 0) is 10.0 Å². The maximum Gasteiger partial charge on any atom is 0.244 e. The van der Waals surface area contributed by atoms with Crippen LogP contribution in [0.3, 0.4) is 0 Å². The van der Waals surface area contributed by atoms with Crippen molar-refractivity contribution >= 4 is 21.0 Å². The number of hydrogen-bond acceptors (Lipinski definition) is 6. The summed E-state index contributed by atoms with van der Waals surface area (Å²) in [5.41, 5.74) is 0.674. The molecule has 0 fully saturated rings. The van der Waals surface area contributed by atoms with Crippen LogP contribution in [0.4, 0.5) is 0 Å². The second kappa shape index (κ2) is 7.99. The van der Waals surface area contributed by atoms with E-state index < -0.39 is 16.1 Å². The molecule has 27 heavy (non-hydrogen) atoms. The summed E-state index contributed by atoms with van der Waals surface area (Å²) in [6, 6.07) is 13.7. The molecule has 2 N–H and O–H groups in total. The maximum atomic E-state index is 12.6. The van der Waals surface area contributed by atoms with Crippen LogP contribution in [0.5, 0.6) is 11.5 Å². The van der Waals surface area contributed by atoms with E-state index >= 15 is 0 Å². The smallest absolute Gasteiger partial charge is 0.244 e. The summed E-state index contributed by atoms with van der Waals surface area (Å²) in [5, 5.41) is 11.2. The van der Waals surface area contributed by atoms with Crippen molar-refractivity contribution in [3.63, 3.8) is 0 Å². The van der Waals surface area contributed by atoms with E-state index in [0.29, 0.717) is 17.1 Å². The number of aliphatic hydroxyl groups excluding tert-OH is 1. The molecule has 0 spiro atoms. The number of nitrogens with one attached hydrogen (secondary N) is 1. The number of furan rings is 1. The molecule has 3 aromatic rings. The Morgan fingerprint density at radius 1 is 1.11 bits per heavy atom. The Labute approximate surface area is 157 Å². The van der Waals surface area contributed by atoms with Crippen molar-refractivity contribution in [3.8, 4) is 11.5 Å². The molecular formula is C19H21NO6S. The van der Waals surface area contributed by atoms with E-state index in [9.17, 15) is 13.5 Å². The van der Waals surface area contributed by atoms with E-state index in [4.69, 9.17) is 13.9 Å². The second-order valence-electron chi connectivity index (χ2n) is 5.91. The number of rotatable bonds is 8. The maximum absolute atomic E-state index is 12.6. The molecule has 1 atom stereocenters. The lowest BCUT2D eigenvalue weighted by Gasteiger charge is -2.13. The fourth-order valence-corrected chi connectivity index (χ4v) is 3.94. The Morgan fingerprint density at radius 3 is 2.59 bits per heavy atom. The first-order valence-electron chi connectivity index (χ1n) is 8.33. The summed E-state index contributed by atoms with van der Waals surface area (Å²) < 4.78 is 43.4. The third-order valence-electron chi connectivity index (χ3n) is 4.14. The molecule has 0 bridgehead atoms. The summed E-state index contributed by atoms with van der Waals surface area (Å²) >= 11 is 0. The van der Waals surface area contributed by atoms with Crippen LogP contribution in [0.15, 0.2) is 57.8 Å². The van der Waals surface area contributed by atoms with Gasteiger partial charge in [-0.1, -0.05) is 18.2 Å². The Balaban J connectivity index is 1.68. The topological polar surface area (TPSA) is 98.0 Å². The quantitative estimate of drug-likeness (QED) is 0.613. The van der Waals surface area contributed by atoms with Gasteiger partial charge in [0.1, 0.15) is 33.8 Å². The number of aliphatic hydroxyl groups is 1. The van der Waals surface area contributed by atoms with Gasteiger partial charge < -0.3 is 19.0 Å². The summed E-state index contributed by atoms with van der Waals surface area (Å²) in [6.45, 7) is 0.0287. The van der Waals surface area contributed by atoms with Crippen LogP contribution in [0.2, 0.25) is 0 Å². The minimum Gasteiger partial charge on any atom is -0.497 e. The van der Waals surface area contributed by atoms with Gasteiger partial charge in [0.15, 0.2) is 0 Å². The van der Waals surface area contributed by atoms with E-state index in [2.05, 4.69) is 4.72 Å². The minimum atomic E-state index is -3.83. The molecule has 0 saturated carbocycles. The number of fused-ring (bicyclic) bond motifs is 1. The fraction of sp³-hybridized carbons (Fsp3) is 0.263. The lowest BCUT2D eigenvalue weighted by molar-refractivity contribution is 0.144. The van der Waals surface area contributed by atoms with Crippen molar-refractivity contribution in [1.82, 2.24) is 4.72 Å².